The standard InChI is InChI=1S/C10H9FN2O/c11-7-1-2-9-8(5-7)12-10-6-14-4-3-13(9)10/h1-2,5H,3-4,6H2. The number of halogens is 1. The van der Waals surface area contributed by atoms with Crippen molar-refractivity contribution < 1.29 is 9.13 Å². The highest BCUT2D eigenvalue weighted by Crippen LogP contribution is 2.20. The van der Waals surface area contributed by atoms with Crippen molar-refractivity contribution >= 4 is 11.0 Å². The van der Waals surface area contributed by atoms with Crippen molar-refractivity contribution in [3.05, 3.63) is 29.8 Å². The van der Waals surface area contributed by atoms with Crippen LogP contribution in [-0.2, 0) is 17.9 Å². The zero-order chi connectivity index (χ0) is 9.54. The van der Waals surface area contributed by atoms with Crippen molar-refractivity contribution in [1.82, 2.24) is 9.55 Å². The van der Waals surface area contributed by atoms with E-state index < -0.39 is 0 Å². The summed E-state index contributed by atoms with van der Waals surface area (Å²) in [6.07, 6.45) is 0. The lowest BCUT2D eigenvalue weighted by Gasteiger charge is -2.14. The smallest absolute Gasteiger partial charge is 0.136 e. The molecule has 0 atom stereocenters. The van der Waals surface area contributed by atoms with Gasteiger partial charge in [0.15, 0.2) is 0 Å². The fourth-order valence-corrected chi connectivity index (χ4v) is 1.83. The van der Waals surface area contributed by atoms with Crippen LogP contribution >= 0.6 is 0 Å². The van der Waals surface area contributed by atoms with Gasteiger partial charge >= 0.3 is 0 Å². The van der Waals surface area contributed by atoms with Gasteiger partial charge in [0.25, 0.3) is 0 Å². The molecular formula is C10H9FN2O. The Kier molecular flexibility index (Phi) is 1.58. The van der Waals surface area contributed by atoms with Crippen LogP contribution in [0.15, 0.2) is 18.2 Å². The molecule has 14 heavy (non-hydrogen) atoms. The molecule has 1 aliphatic rings. The van der Waals surface area contributed by atoms with Crippen molar-refractivity contribution in [2.75, 3.05) is 6.61 Å². The van der Waals surface area contributed by atoms with Crippen LogP contribution in [0.25, 0.3) is 11.0 Å². The van der Waals surface area contributed by atoms with Gasteiger partial charge in [-0.25, -0.2) is 9.37 Å². The summed E-state index contributed by atoms with van der Waals surface area (Å²) >= 11 is 0. The normalized spacial score (nSPS) is 15.8. The Hall–Kier alpha value is -1.42. The number of ether oxygens (including phenoxy) is 1. The van der Waals surface area contributed by atoms with Gasteiger partial charge in [-0.2, -0.15) is 0 Å². The second-order valence-electron chi connectivity index (χ2n) is 3.37. The Bertz CT molecular complexity index is 492. The van der Waals surface area contributed by atoms with Gasteiger partial charge in [0.05, 0.1) is 17.6 Å². The van der Waals surface area contributed by atoms with E-state index in [0.29, 0.717) is 18.7 Å². The number of imidazole rings is 1. The molecule has 72 valence electrons. The number of rotatable bonds is 0. The first-order chi connectivity index (χ1) is 6.84. The molecule has 0 saturated carbocycles. The van der Waals surface area contributed by atoms with E-state index in [9.17, 15) is 4.39 Å². The van der Waals surface area contributed by atoms with Crippen LogP contribution in [0.5, 0.6) is 0 Å². The van der Waals surface area contributed by atoms with Gasteiger partial charge in [-0.15, -0.1) is 0 Å². The maximum absolute atomic E-state index is 12.9. The molecular weight excluding hydrogens is 183 g/mol. The Morgan fingerprint density at radius 1 is 1.43 bits per heavy atom. The van der Waals surface area contributed by atoms with E-state index in [1.165, 1.54) is 12.1 Å². The van der Waals surface area contributed by atoms with Gasteiger partial charge < -0.3 is 9.30 Å². The van der Waals surface area contributed by atoms with E-state index in [1.807, 2.05) is 0 Å². The van der Waals surface area contributed by atoms with Crippen LogP contribution in [0.2, 0.25) is 0 Å². The van der Waals surface area contributed by atoms with Gasteiger partial charge in [0.2, 0.25) is 0 Å². The summed E-state index contributed by atoms with van der Waals surface area (Å²) < 4.78 is 20.3. The SMILES string of the molecule is Fc1ccc2c(c1)nc1n2CCOC1. The molecule has 1 aromatic heterocycles. The lowest BCUT2D eigenvalue weighted by molar-refractivity contribution is 0.0830. The zero-order valence-electron chi connectivity index (χ0n) is 7.53. The van der Waals surface area contributed by atoms with E-state index in [0.717, 1.165) is 17.9 Å². The molecule has 1 aliphatic heterocycles. The van der Waals surface area contributed by atoms with E-state index in [-0.39, 0.29) is 5.82 Å². The highest BCUT2D eigenvalue weighted by atomic mass is 19.1. The Morgan fingerprint density at radius 3 is 3.29 bits per heavy atom. The minimum Gasteiger partial charge on any atom is -0.372 e. The zero-order valence-corrected chi connectivity index (χ0v) is 7.53. The summed E-state index contributed by atoms with van der Waals surface area (Å²) in [5.74, 6) is 0.644. The summed E-state index contributed by atoms with van der Waals surface area (Å²) in [5, 5.41) is 0. The Labute approximate surface area is 80.1 Å². The molecule has 0 amide bonds. The van der Waals surface area contributed by atoms with Crippen molar-refractivity contribution in [2.45, 2.75) is 13.2 Å². The van der Waals surface area contributed by atoms with Crippen LogP contribution in [0.4, 0.5) is 4.39 Å². The van der Waals surface area contributed by atoms with Crippen LogP contribution in [0.1, 0.15) is 5.82 Å². The fraction of sp³-hybridized carbons (Fsp3) is 0.300. The number of hydrogen-bond donors (Lipinski definition) is 0. The molecule has 0 spiro atoms. The molecule has 0 bridgehead atoms. The largest absolute Gasteiger partial charge is 0.372 e. The average molecular weight is 192 g/mol. The first-order valence-electron chi connectivity index (χ1n) is 4.57. The second kappa shape index (κ2) is 2.78. The Balaban J connectivity index is 2.31. The highest BCUT2D eigenvalue weighted by Gasteiger charge is 2.14. The number of fused-ring (bicyclic) bond motifs is 3. The predicted octanol–water partition coefficient (Wildman–Crippen LogP) is 1.71. The van der Waals surface area contributed by atoms with Crippen LogP contribution < -0.4 is 0 Å². The number of aromatic nitrogens is 2. The van der Waals surface area contributed by atoms with Gasteiger partial charge in [0.1, 0.15) is 18.2 Å². The molecule has 2 heterocycles. The second-order valence-corrected chi connectivity index (χ2v) is 3.37. The van der Waals surface area contributed by atoms with E-state index in [4.69, 9.17) is 4.74 Å². The minimum atomic E-state index is -0.242. The lowest BCUT2D eigenvalue weighted by Crippen LogP contribution is -2.16. The number of nitrogens with zero attached hydrogens (tertiary/aromatic N) is 2. The summed E-state index contributed by atoms with van der Waals surface area (Å²) in [7, 11) is 0. The number of benzene rings is 1. The summed E-state index contributed by atoms with van der Waals surface area (Å²) in [4.78, 5) is 4.31. The monoisotopic (exact) mass is 192 g/mol. The predicted molar refractivity (Wildman–Crippen MR) is 49.3 cm³/mol. The topological polar surface area (TPSA) is 27.1 Å². The van der Waals surface area contributed by atoms with Gasteiger partial charge in [-0.3, -0.25) is 0 Å². The fourth-order valence-electron chi connectivity index (χ4n) is 1.83. The third-order valence-electron chi connectivity index (χ3n) is 2.48. The molecule has 3 rings (SSSR count). The molecule has 0 aliphatic carbocycles. The first kappa shape index (κ1) is 7.94. The highest BCUT2D eigenvalue weighted by molar-refractivity contribution is 5.76. The van der Waals surface area contributed by atoms with Crippen molar-refractivity contribution in [3.8, 4) is 0 Å². The van der Waals surface area contributed by atoms with Crippen LogP contribution in [0, 0.1) is 5.82 Å². The first-order valence-corrected chi connectivity index (χ1v) is 4.57. The van der Waals surface area contributed by atoms with E-state index >= 15 is 0 Å². The molecule has 3 nitrogen and oxygen atoms in total. The number of hydrogen-bond acceptors (Lipinski definition) is 2. The average Bonchev–Trinajstić information content (AvgIpc) is 2.54. The molecule has 0 fully saturated rings. The third-order valence-corrected chi connectivity index (χ3v) is 2.48. The van der Waals surface area contributed by atoms with Crippen molar-refractivity contribution in [3.63, 3.8) is 0 Å². The minimum absolute atomic E-state index is 0.242. The van der Waals surface area contributed by atoms with Crippen molar-refractivity contribution in [1.29, 1.82) is 0 Å². The van der Waals surface area contributed by atoms with Gasteiger partial charge in [0, 0.05) is 12.6 Å². The molecule has 0 N–H and O–H groups in total. The van der Waals surface area contributed by atoms with E-state index in [2.05, 4.69) is 9.55 Å². The molecule has 4 heteroatoms. The van der Waals surface area contributed by atoms with Gasteiger partial charge in [-0.1, -0.05) is 0 Å². The summed E-state index contributed by atoms with van der Waals surface area (Å²) in [6, 6.07) is 4.69. The van der Waals surface area contributed by atoms with Gasteiger partial charge in [-0.05, 0) is 12.1 Å². The molecule has 0 unspecified atom stereocenters. The maximum Gasteiger partial charge on any atom is 0.136 e. The van der Waals surface area contributed by atoms with E-state index in [1.54, 1.807) is 6.07 Å². The molecule has 1 aromatic carbocycles. The quantitative estimate of drug-likeness (QED) is 0.635. The molecule has 0 saturated heterocycles. The summed E-state index contributed by atoms with van der Waals surface area (Å²) in [6.45, 7) is 2.03. The van der Waals surface area contributed by atoms with Crippen LogP contribution in [0.3, 0.4) is 0 Å². The molecule has 0 radical (unpaired) electrons. The lowest BCUT2D eigenvalue weighted by atomic mass is 10.3. The van der Waals surface area contributed by atoms with Crippen molar-refractivity contribution in [2.24, 2.45) is 0 Å². The Morgan fingerprint density at radius 2 is 2.36 bits per heavy atom. The molecule has 2 aromatic rings. The van der Waals surface area contributed by atoms with Crippen LogP contribution in [-0.4, -0.2) is 16.2 Å². The maximum atomic E-state index is 12.9. The summed E-state index contributed by atoms with van der Waals surface area (Å²) in [5.41, 5.74) is 1.70. The third kappa shape index (κ3) is 1.04.